The maximum absolute atomic E-state index is 9.79. The minimum Gasteiger partial charge on any atom is -0.508 e. The molecule has 1 aliphatic rings. The Bertz CT molecular complexity index is 1040. The van der Waals surface area contributed by atoms with Gasteiger partial charge in [0.05, 0.1) is 0 Å². The number of benzene rings is 4. The van der Waals surface area contributed by atoms with Crippen molar-refractivity contribution in [3.05, 3.63) is 119 Å². The zero-order valence-electron chi connectivity index (χ0n) is 15.3. The van der Waals surface area contributed by atoms with E-state index in [1.807, 2.05) is 24.3 Å². The van der Waals surface area contributed by atoms with Gasteiger partial charge in [-0.3, -0.25) is 0 Å². The Morgan fingerprint density at radius 3 is 1.32 bits per heavy atom. The number of rotatable bonds is 3. The van der Waals surface area contributed by atoms with Crippen LogP contribution in [-0.2, 0) is 0 Å². The van der Waals surface area contributed by atoms with Crippen molar-refractivity contribution >= 4 is 0 Å². The molecule has 4 aromatic carbocycles. The third-order valence-electron chi connectivity index (χ3n) is 5.72. The molecule has 4 aromatic rings. The number of aromatic hydroxyl groups is 2. The van der Waals surface area contributed by atoms with Crippen molar-refractivity contribution < 1.29 is 10.2 Å². The largest absolute Gasteiger partial charge is 0.508 e. The maximum Gasteiger partial charge on any atom is 0.115 e. The van der Waals surface area contributed by atoms with Crippen molar-refractivity contribution in [3.8, 4) is 22.6 Å². The molecule has 0 saturated carbocycles. The molecule has 0 aliphatic heterocycles. The lowest BCUT2D eigenvalue weighted by Crippen LogP contribution is -2.12. The summed E-state index contributed by atoms with van der Waals surface area (Å²) in [7, 11) is 0. The lowest BCUT2D eigenvalue weighted by Gasteiger charge is -2.27. The first-order valence-corrected chi connectivity index (χ1v) is 9.48. The summed E-state index contributed by atoms with van der Waals surface area (Å²) in [6.07, 6.45) is 0. The molecule has 0 atom stereocenters. The molecule has 0 bridgehead atoms. The van der Waals surface area contributed by atoms with Gasteiger partial charge in [0.1, 0.15) is 11.5 Å². The van der Waals surface area contributed by atoms with Gasteiger partial charge >= 0.3 is 0 Å². The monoisotopic (exact) mass is 364 g/mol. The Morgan fingerprint density at radius 2 is 0.893 bits per heavy atom. The normalized spacial score (nSPS) is 12.8. The van der Waals surface area contributed by atoms with Crippen LogP contribution in [-0.4, -0.2) is 10.2 Å². The third kappa shape index (κ3) is 2.66. The molecular weight excluding hydrogens is 344 g/mol. The smallest absolute Gasteiger partial charge is 0.115 e. The first-order valence-electron chi connectivity index (χ1n) is 9.48. The van der Waals surface area contributed by atoms with E-state index < -0.39 is 0 Å². The fourth-order valence-electron chi connectivity index (χ4n) is 4.49. The molecule has 2 nitrogen and oxygen atoms in total. The summed E-state index contributed by atoms with van der Waals surface area (Å²) >= 11 is 0. The number of phenolic OH excluding ortho intramolecular Hbond substituents is 2. The highest BCUT2D eigenvalue weighted by molar-refractivity contribution is 5.79. The van der Waals surface area contributed by atoms with Crippen molar-refractivity contribution in [2.45, 2.75) is 11.8 Å². The second-order valence-corrected chi connectivity index (χ2v) is 7.31. The van der Waals surface area contributed by atoms with Crippen LogP contribution in [0.1, 0.15) is 34.1 Å². The summed E-state index contributed by atoms with van der Waals surface area (Å²) in [5.74, 6) is 0.772. The fraction of sp³-hybridized carbons (Fsp3) is 0.0769. The lowest BCUT2D eigenvalue weighted by molar-refractivity contribution is 0.475. The van der Waals surface area contributed by atoms with Gasteiger partial charge in [-0.05, 0) is 57.6 Å². The van der Waals surface area contributed by atoms with Gasteiger partial charge in [-0.1, -0.05) is 72.8 Å². The number of phenols is 2. The average Bonchev–Trinajstić information content (AvgIpc) is 3.06. The molecule has 0 aromatic heterocycles. The van der Waals surface area contributed by atoms with Gasteiger partial charge in [-0.15, -0.1) is 0 Å². The van der Waals surface area contributed by atoms with Gasteiger partial charge in [-0.25, -0.2) is 0 Å². The van der Waals surface area contributed by atoms with E-state index in [2.05, 4.69) is 48.5 Å². The molecule has 0 saturated heterocycles. The van der Waals surface area contributed by atoms with Crippen LogP contribution in [0.25, 0.3) is 11.1 Å². The van der Waals surface area contributed by atoms with Crippen LogP contribution < -0.4 is 0 Å². The van der Waals surface area contributed by atoms with Gasteiger partial charge in [0, 0.05) is 11.8 Å². The molecule has 28 heavy (non-hydrogen) atoms. The van der Waals surface area contributed by atoms with Crippen molar-refractivity contribution in [1.29, 1.82) is 0 Å². The van der Waals surface area contributed by atoms with Crippen LogP contribution in [0.2, 0.25) is 0 Å². The minimum absolute atomic E-state index is 0.0750. The Hall–Kier alpha value is -3.52. The summed E-state index contributed by atoms with van der Waals surface area (Å²) in [4.78, 5) is 0. The first kappa shape index (κ1) is 16.6. The molecule has 2 N–H and O–H groups in total. The summed E-state index contributed by atoms with van der Waals surface area (Å²) in [5.41, 5.74) is 7.47. The molecule has 0 fully saturated rings. The lowest BCUT2D eigenvalue weighted by atomic mass is 9.76. The van der Waals surface area contributed by atoms with Crippen LogP contribution in [0, 0.1) is 0 Å². The standard InChI is InChI=1S/C26H20O2/c27-19-13-9-17(10-14-19)25(18-11-15-20(28)16-12-18)26-23-7-3-1-5-21(23)22-6-2-4-8-24(22)26/h1-16,25-28H. The molecule has 0 spiro atoms. The Morgan fingerprint density at radius 1 is 0.500 bits per heavy atom. The zero-order chi connectivity index (χ0) is 19.1. The van der Waals surface area contributed by atoms with E-state index in [4.69, 9.17) is 0 Å². The molecule has 0 unspecified atom stereocenters. The Labute approximate surface area is 164 Å². The number of hydrogen-bond donors (Lipinski definition) is 2. The average molecular weight is 364 g/mol. The minimum atomic E-state index is 0.0750. The van der Waals surface area contributed by atoms with Crippen molar-refractivity contribution in [2.75, 3.05) is 0 Å². The SMILES string of the molecule is Oc1ccc(C(c2ccc(O)cc2)C2c3ccccc3-c3ccccc32)cc1. The van der Waals surface area contributed by atoms with Gasteiger partial charge in [0.25, 0.3) is 0 Å². The van der Waals surface area contributed by atoms with Gasteiger partial charge in [0.15, 0.2) is 0 Å². The molecule has 5 rings (SSSR count). The number of fused-ring (bicyclic) bond motifs is 3. The van der Waals surface area contributed by atoms with E-state index in [9.17, 15) is 10.2 Å². The summed E-state index contributed by atoms with van der Waals surface area (Å²) in [6.45, 7) is 0. The topological polar surface area (TPSA) is 40.5 Å². The van der Waals surface area contributed by atoms with E-state index in [0.29, 0.717) is 0 Å². The molecule has 136 valence electrons. The van der Waals surface area contributed by atoms with Crippen molar-refractivity contribution in [2.24, 2.45) is 0 Å². The van der Waals surface area contributed by atoms with Crippen LogP contribution >= 0.6 is 0 Å². The van der Waals surface area contributed by atoms with Gasteiger partial charge < -0.3 is 10.2 Å². The van der Waals surface area contributed by atoms with E-state index in [-0.39, 0.29) is 23.3 Å². The first-order chi connectivity index (χ1) is 13.7. The third-order valence-corrected chi connectivity index (χ3v) is 5.72. The highest BCUT2D eigenvalue weighted by Gasteiger charge is 2.35. The molecular formula is C26H20O2. The van der Waals surface area contributed by atoms with Crippen LogP contribution in [0.5, 0.6) is 11.5 Å². The second kappa shape index (κ2) is 6.58. The highest BCUT2D eigenvalue weighted by atomic mass is 16.3. The predicted molar refractivity (Wildman–Crippen MR) is 112 cm³/mol. The predicted octanol–water partition coefficient (Wildman–Crippen LogP) is 6.04. The fourth-order valence-corrected chi connectivity index (χ4v) is 4.49. The van der Waals surface area contributed by atoms with E-state index in [1.54, 1.807) is 24.3 Å². The second-order valence-electron chi connectivity index (χ2n) is 7.31. The van der Waals surface area contributed by atoms with Gasteiger partial charge in [0.2, 0.25) is 0 Å². The Balaban J connectivity index is 1.75. The molecule has 0 heterocycles. The van der Waals surface area contributed by atoms with E-state index in [0.717, 1.165) is 11.1 Å². The number of hydrogen-bond acceptors (Lipinski definition) is 2. The molecule has 1 aliphatic carbocycles. The summed E-state index contributed by atoms with van der Waals surface area (Å²) in [6, 6.07) is 32.2. The zero-order valence-corrected chi connectivity index (χ0v) is 15.3. The Kier molecular flexibility index (Phi) is 3.91. The van der Waals surface area contributed by atoms with Crippen LogP contribution in [0.4, 0.5) is 0 Å². The molecule has 0 amide bonds. The quantitative estimate of drug-likeness (QED) is 0.465. The van der Waals surface area contributed by atoms with Crippen LogP contribution in [0.15, 0.2) is 97.1 Å². The van der Waals surface area contributed by atoms with E-state index in [1.165, 1.54) is 22.3 Å². The van der Waals surface area contributed by atoms with Crippen molar-refractivity contribution in [1.82, 2.24) is 0 Å². The summed E-state index contributed by atoms with van der Waals surface area (Å²) < 4.78 is 0. The molecule has 0 radical (unpaired) electrons. The van der Waals surface area contributed by atoms with Crippen molar-refractivity contribution in [3.63, 3.8) is 0 Å². The summed E-state index contributed by atoms with van der Waals surface area (Å²) in [5, 5.41) is 19.6. The molecule has 2 heteroatoms. The highest BCUT2D eigenvalue weighted by Crippen LogP contribution is 2.53. The van der Waals surface area contributed by atoms with E-state index >= 15 is 0 Å². The van der Waals surface area contributed by atoms with Crippen LogP contribution in [0.3, 0.4) is 0 Å². The van der Waals surface area contributed by atoms with Gasteiger partial charge in [-0.2, -0.15) is 0 Å². The maximum atomic E-state index is 9.79.